The van der Waals surface area contributed by atoms with Crippen LogP contribution in [0.4, 0.5) is 0 Å². The van der Waals surface area contributed by atoms with Crippen LogP contribution in [0.15, 0.2) is 24.3 Å². The quantitative estimate of drug-likeness (QED) is 0.829. The molecule has 0 aromatic heterocycles. The molecular weight excluding hydrogens is 248 g/mol. The van der Waals surface area contributed by atoms with Crippen LogP contribution in [0.2, 0.25) is 0 Å². The van der Waals surface area contributed by atoms with Crippen LogP contribution in [0.25, 0.3) is 0 Å². The molecule has 1 aromatic carbocycles. The predicted octanol–water partition coefficient (Wildman–Crippen LogP) is 2.76. The lowest BCUT2D eigenvalue weighted by Gasteiger charge is -2.18. The van der Waals surface area contributed by atoms with Crippen molar-refractivity contribution in [3.05, 3.63) is 29.8 Å². The summed E-state index contributed by atoms with van der Waals surface area (Å²) < 4.78 is 5.97. The maximum atomic E-state index is 5.97. The van der Waals surface area contributed by atoms with E-state index in [4.69, 9.17) is 4.74 Å². The van der Waals surface area contributed by atoms with E-state index in [0.29, 0.717) is 0 Å². The van der Waals surface area contributed by atoms with Gasteiger partial charge in [0.25, 0.3) is 0 Å². The van der Waals surface area contributed by atoms with Gasteiger partial charge in [-0.1, -0.05) is 32.0 Å². The molecule has 1 aromatic rings. The molecule has 0 amide bonds. The number of ether oxygens (including phenoxy) is 1. The Kier molecular flexibility index (Phi) is 5.86. The molecule has 0 spiro atoms. The number of hydrogen-bond donors (Lipinski definition) is 1. The van der Waals surface area contributed by atoms with Crippen molar-refractivity contribution in [1.82, 2.24) is 10.2 Å². The molecule has 1 aliphatic heterocycles. The van der Waals surface area contributed by atoms with Crippen molar-refractivity contribution in [3.8, 4) is 5.75 Å². The summed E-state index contributed by atoms with van der Waals surface area (Å²) in [5, 5.41) is 3.18. The van der Waals surface area contributed by atoms with Crippen LogP contribution in [-0.2, 0) is 6.54 Å². The summed E-state index contributed by atoms with van der Waals surface area (Å²) in [6.45, 7) is 9.80. The maximum absolute atomic E-state index is 5.97. The first-order valence-electron chi connectivity index (χ1n) is 7.78. The van der Waals surface area contributed by atoms with E-state index < -0.39 is 0 Å². The molecule has 1 N–H and O–H groups in total. The Bertz CT molecular complexity index is 406. The molecule has 1 fully saturated rings. The summed E-state index contributed by atoms with van der Waals surface area (Å²) >= 11 is 0. The number of nitrogens with one attached hydrogen (secondary N) is 1. The molecule has 2 rings (SSSR count). The van der Waals surface area contributed by atoms with Crippen LogP contribution in [0.5, 0.6) is 5.75 Å². The van der Waals surface area contributed by atoms with Gasteiger partial charge in [0.1, 0.15) is 12.4 Å². The first kappa shape index (κ1) is 15.3. The lowest BCUT2D eigenvalue weighted by atomic mass is 9.95. The molecule has 0 aliphatic carbocycles. The van der Waals surface area contributed by atoms with Gasteiger partial charge in [-0.05, 0) is 37.9 Å². The van der Waals surface area contributed by atoms with Crippen molar-refractivity contribution in [2.75, 3.05) is 33.3 Å². The molecule has 112 valence electrons. The van der Waals surface area contributed by atoms with Crippen molar-refractivity contribution in [2.45, 2.75) is 26.8 Å². The van der Waals surface area contributed by atoms with Gasteiger partial charge >= 0.3 is 0 Å². The van der Waals surface area contributed by atoms with Gasteiger partial charge in [0.05, 0.1) is 0 Å². The second-order valence-corrected chi connectivity index (χ2v) is 6.08. The second-order valence-electron chi connectivity index (χ2n) is 6.08. The monoisotopic (exact) mass is 276 g/mol. The molecule has 1 heterocycles. The molecule has 1 unspecified atom stereocenters. The zero-order valence-corrected chi connectivity index (χ0v) is 13.1. The lowest BCUT2D eigenvalue weighted by Crippen LogP contribution is -2.27. The van der Waals surface area contributed by atoms with E-state index >= 15 is 0 Å². The summed E-state index contributed by atoms with van der Waals surface area (Å²) in [7, 11) is 1.97. The number of rotatable bonds is 7. The van der Waals surface area contributed by atoms with Crippen molar-refractivity contribution in [2.24, 2.45) is 11.8 Å². The van der Waals surface area contributed by atoms with Gasteiger partial charge < -0.3 is 10.1 Å². The summed E-state index contributed by atoms with van der Waals surface area (Å²) in [6, 6.07) is 8.29. The third-order valence-corrected chi connectivity index (χ3v) is 4.26. The summed E-state index contributed by atoms with van der Waals surface area (Å²) in [5.41, 5.74) is 1.23. The Morgan fingerprint density at radius 2 is 2.15 bits per heavy atom. The van der Waals surface area contributed by atoms with Crippen molar-refractivity contribution in [1.29, 1.82) is 0 Å². The highest BCUT2D eigenvalue weighted by Crippen LogP contribution is 2.23. The van der Waals surface area contributed by atoms with Crippen molar-refractivity contribution >= 4 is 0 Å². The van der Waals surface area contributed by atoms with E-state index in [1.54, 1.807) is 0 Å². The molecule has 0 saturated carbocycles. The third kappa shape index (κ3) is 4.22. The van der Waals surface area contributed by atoms with E-state index in [0.717, 1.165) is 37.3 Å². The number of para-hydroxylation sites is 1. The average Bonchev–Trinajstić information content (AvgIpc) is 2.90. The average molecular weight is 276 g/mol. The Balaban J connectivity index is 1.76. The van der Waals surface area contributed by atoms with Gasteiger partial charge in [-0.25, -0.2) is 0 Å². The Hall–Kier alpha value is -1.06. The summed E-state index contributed by atoms with van der Waals surface area (Å²) in [6.07, 6.45) is 1.34. The molecule has 3 heteroatoms. The Morgan fingerprint density at radius 3 is 2.85 bits per heavy atom. The van der Waals surface area contributed by atoms with Gasteiger partial charge in [0.15, 0.2) is 0 Å². The third-order valence-electron chi connectivity index (χ3n) is 4.26. The highest BCUT2D eigenvalue weighted by Gasteiger charge is 2.24. The number of likely N-dealkylation sites (tertiary alicyclic amines) is 1. The molecule has 20 heavy (non-hydrogen) atoms. The smallest absolute Gasteiger partial charge is 0.123 e. The largest absolute Gasteiger partial charge is 0.492 e. The topological polar surface area (TPSA) is 24.5 Å². The van der Waals surface area contributed by atoms with Crippen LogP contribution < -0.4 is 10.1 Å². The fraction of sp³-hybridized carbons (Fsp3) is 0.647. The zero-order chi connectivity index (χ0) is 14.4. The minimum absolute atomic E-state index is 0.783. The van der Waals surface area contributed by atoms with E-state index in [1.807, 2.05) is 13.1 Å². The van der Waals surface area contributed by atoms with E-state index in [2.05, 4.69) is 42.3 Å². The molecule has 0 radical (unpaired) electrons. The molecule has 1 atom stereocenters. The normalized spacial score (nSPS) is 19.7. The van der Waals surface area contributed by atoms with Crippen LogP contribution in [0.1, 0.15) is 25.8 Å². The van der Waals surface area contributed by atoms with Crippen molar-refractivity contribution in [3.63, 3.8) is 0 Å². The maximum Gasteiger partial charge on any atom is 0.123 e. The van der Waals surface area contributed by atoms with Crippen LogP contribution in [-0.4, -0.2) is 38.2 Å². The summed E-state index contributed by atoms with van der Waals surface area (Å²) in [5.74, 6) is 2.69. The van der Waals surface area contributed by atoms with E-state index in [9.17, 15) is 0 Å². The Morgan fingerprint density at radius 1 is 1.35 bits per heavy atom. The summed E-state index contributed by atoms with van der Waals surface area (Å²) in [4.78, 5) is 2.53. The zero-order valence-electron chi connectivity index (χ0n) is 13.1. The highest BCUT2D eigenvalue weighted by molar-refractivity contribution is 5.33. The standard InChI is InChI=1S/C17H28N2O/c1-14(2)16-8-9-19(13-16)10-11-20-17-7-5-4-6-15(17)12-18-3/h4-7,14,16,18H,8-13H2,1-3H3. The fourth-order valence-electron chi connectivity index (χ4n) is 2.88. The molecular formula is C17H28N2O. The number of hydrogen-bond acceptors (Lipinski definition) is 3. The van der Waals surface area contributed by atoms with Gasteiger partial charge in [-0.3, -0.25) is 4.90 Å². The molecule has 1 aliphatic rings. The first-order chi connectivity index (χ1) is 9.70. The molecule has 3 nitrogen and oxygen atoms in total. The fourth-order valence-corrected chi connectivity index (χ4v) is 2.88. The van der Waals surface area contributed by atoms with E-state index in [1.165, 1.54) is 25.1 Å². The van der Waals surface area contributed by atoms with Gasteiger partial charge in [0.2, 0.25) is 0 Å². The van der Waals surface area contributed by atoms with Crippen LogP contribution >= 0.6 is 0 Å². The predicted molar refractivity (Wildman–Crippen MR) is 84.1 cm³/mol. The van der Waals surface area contributed by atoms with Gasteiger partial charge in [0, 0.05) is 25.2 Å². The molecule has 0 bridgehead atoms. The van der Waals surface area contributed by atoms with E-state index in [-0.39, 0.29) is 0 Å². The van der Waals surface area contributed by atoms with Crippen molar-refractivity contribution < 1.29 is 4.74 Å². The SMILES string of the molecule is CNCc1ccccc1OCCN1CCC(C(C)C)C1. The van der Waals surface area contributed by atoms with Crippen LogP contribution in [0, 0.1) is 11.8 Å². The number of nitrogens with zero attached hydrogens (tertiary/aromatic N) is 1. The lowest BCUT2D eigenvalue weighted by molar-refractivity contribution is 0.226. The molecule has 1 saturated heterocycles. The minimum atomic E-state index is 0.783. The second kappa shape index (κ2) is 7.65. The minimum Gasteiger partial charge on any atom is -0.492 e. The first-order valence-corrected chi connectivity index (χ1v) is 7.78. The highest BCUT2D eigenvalue weighted by atomic mass is 16.5. The number of benzene rings is 1. The Labute approximate surface area is 123 Å². The van der Waals surface area contributed by atoms with Gasteiger partial charge in [-0.15, -0.1) is 0 Å². The van der Waals surface area contributed by atoms with Gasteiger partial charge in [-0.2, -0.15) is 0 Å². The van der Waals surface area contributed by atoms with Crippen LogP contribution in [0.3, 0.4) is 0 Å².